The number of fused-ring (bicyclic) bond motifs is 2. The van der Waals surface area contributed by atoms with E-state index in [0.29, 0.717) is 43.4 Å². The lowest BCUT2D eigenvalue weighted by molar-refractivity contribution is -0.385. The van der Waals surface area contributed by atoms with E-state index in [1.807, 2.05) is 6.92 Å². The van der Waals surface area contributed by atoms with E-state index in [1.165, 1.54) is 12.1 Å². The molecule has 0 aliphatic heterocycles. The number of Topliss-reactive ketones (excluding diaryl/α,β-unsaturated/α-hetero) is 2. The van der Waals surface area contributed by atoms with Crippen LogP contribution in [0.15, 0.2) is 36.4 Å². The highest BCUT2D eigenvalue weighted by Crippen LogP contribution is 2.45. The Bertz CT molecular complexity index is 1090. The van der Waals surface area contributed by atoms with Crippen LogP contribution in [0.1, 0.15) is 48.8 Å². The third kappa shape index (κ3) is 3.87. The van der Waals surface area contributed by atoms with Gasteiger partial charge in [0.15, 0.2) is 11.6 Å². The molecule has 2 saturated carbocycles. The molecule has 0 N–H and O–H groups in total. The minimum Gasteiger partial charge on any atom is -0.450 e. The molecule has 2 aromatic rings. The number of ketones is 2. The van der Waals surface area contributed by atoms with Crippen LogP contribution >= 0.6 is 0 Å². The molecular formula is C23H20F3NO5. The molecule has 1 unspecified atom stereocenters. The number of hydrogen-bond donors (Lipinski definition) is 0. The Hall–Kier alpha value is -3.23. The molecule has 3 atom stereocenters. The average Bonchev–Trinajstić information content (AvgIpc) is 3.19. The lowest BCUT2D eigenvalue weighted by Gasteiger charge is -2.27. The first-order valence-corrected chi connectivity index (χ1v) is 10.3. The predicted octanol–water partition coefficient (Wildman–Crippen LogP) is 5.62. The molecule has 0 heterocycles. The van der Waals surface area contributed by atoms with Crippen molar-refractivity contribution in [1.29, 1.82) is 0 Å². The van der Waals surface area contributed by atoms with Gasteiger partial charge in [-0.05, 0) is 61.1 Å². The Morgan fingerprint density at radius 2 is 1.72 bits per heavy atom. The Labute approximate surface area is 181 Å². The van der Waals surface area contributed by atoms with Gasteiger partial charge in [-0.15, -0.1) is 0 Å². The van der Waals surface area contributed by atoms with Gasteiger partial charge in [0.05, 0.1) is 10.5 Å². The van der Waals surface area contributed by atoms with E-state index < -0.39 is 28.3 Å². The second kappa shape index (κ2) is 8.03. The zero-order valence-electron chi connectivity index (χ0n) is 17.1. The molecule has 2 bridgehead atoms. The first-order chi connectivity index (χ1) is 15.1. The maximum absolute atomic E-state index is 12.9. The van der Waals surface area contributed by atoms with Crippen LogP contribution < -0.4 is 4.74 Å². The smallest absolute Gasteiger partial charge is 0.416 e. The van der Waals surface area contributed by atoms with Gasteiger partial charge >= 0.3 is 11.9 Å². The highest BCUT2D eigenvalue weighted by molar-refractivity contribution is 6.12. The van der Waals surface area contributed by atoms with Crippen LogP contribution in [-0.2, 0) is 22.2 Å². The predicted molar refractivity (Wildman–Crippen MR) is 108 cm³/mol. The normalized spacial score (nSPS) is 22.8. The van der Waals surface area contributed by atoms with Crippen LogP contribution in [0.25, 0.3) is 0 Å². The third-order valence-corrected chi connectivity index (χ3v) is 6.33. The van der Waals surface area contributed by atoms with Gasteiger partial charge in [-0.2, -0.15) is 13.2 Å². The molecule has 4 rings (SSSR count). The standard InChI is InChI=1S/C23H20F3NO5/c1-2-12-5-7-16(11-17(12)20-21(28)13-3-4-14(9-13)22(20)29)32-19-8-6-15(23(24,25)26)10-18(19)27(30)31/h5-8,10-11,13-14,20H,2-4,9H2,1H3/t13-,14+,20?. The monoisotopic (exact) mass is 447 g/mol. The lowest BCUT2D eigenvalue weighted by Crippen LogP contribution is -2.35. The van der Waals surface area contributed by atoms with Crippen molar-refractivity contribution in [2.24, 2.45) is 11.8 Å². The number of ether oxygens (including phenoxy) is 1. The molecule has 0 saturated heterocycles. The van der Waals surface area contributed by atoms with Crippen LogP contribution in [0.2, 0.25) is 0 Å². The van der Waals surface area contributed by atoms with E-state index in [9.17, 15) is 32.9 Å². The molecule has 0 radical (unpaired) electrons. The molecule has 32 heavy (non-hydrogen) atoms. The van der Waals surface area contributed by atoms with Crippen molar-refractivity contribution in [2.45, 2.75) is 44.7 Å². The lowest BCUT2D eigenvalue weighted by atomic mass is 9.74. The van der Waals surface area contributed by atoms with Crippen LogP contribution in [0, 0.1) is 22.0 Å². The Morgan fingerprint density at radius 3 is 2.28 bits per heavy atom. The largest absolute Gasteiger partial charge is 0.450 e. The van der Waals surface area contributed by atoms with Crippen molar-refractivity contribution in [3.8, 4) is 11.5 Å². The van der Waals surface area contributed by atoms with Crippen molar-refractivity contribution in [3.05, 3.63) is 63.2 Å². The van der Waals surface area contributed by atoms with E-state index in [-0.39, 0.29) is 34.9 Å². The Kier molecular flexibility index (Phi) is 5.52. The van der Waals surface area contributed by atoms with E-state index in [1.54, 1.807) is 6.07 Å². The van der Waals surface area contributed by atoms with Gasteiger partial charge in [-0.25, -0.2) is 0 Å². The minimum atomic E-state index is -4.74. The molecular weight excluding hydrogens is 427 g/mol. The highest BCUT2D eigenvalue weighted by Gasteiger charge is 2.48. The topological polar surface area (TPSA) is 86.5 Å². The van der Waals surface area contributed by atoms with E-state index in [4.69, 9.17) is 4.74 Å². The summed E-state index contributed by atoms with van der Waals surface area (Å²) in [5.74, 6) is -1.67. The zero-order valence-corrected chi connectivity index (χ0v) is 17.1. The molecule has 2 aliphatic carbocycles. The molecule has 0 aromatic heterocycles. The number of aryl methyl sites for hydroxylation is 1. The molecule has 2 aromatic carbocycles. The number of hydrogen-bond acceptors (Lipinski definition) is 5. The van der Waals surface area contributed by atoms with Crippen molar-refractivity contribution in [3.63, 3.8) is 0 Å². The van der Waals surface area contributed by atoms with Crippen LogP contribution in [0.5, 0.6) is 11.5 Å². The number of nitro groups is 1. The van der Waals surface area contributed by atoms with Crippen molar-refractivity contribution in [2.75, 3.05) is 0 Å². The third-order valence-electron chi connectivity index (χ3n) is 6.33. The SMILES string of the molecule is CCc1ccc(Oc2ccc(C(F)(F)F)cc2[N+](=O)[O-])cc1C1C(=O)[C@@H]2CC[C@@H](C2)C1=O. The van der Waals surface area contributed by atoms with Gasteiger partial charge in [0.25, 0.3) is 0 Å². The number of carbonyl (C=O) groups is 2. The second-order valence-electron chi connectivity index (χ2n) is 8.20. The minimum absolute atomic E-state index is 0.110. The van der Waals surface area contributed by atoms with Gasteiger partial charge in [0.1, 0.15) is 11.7 Å². The van der Waals surface area contributed by atoms with E-state index in [2.05, 4.69) is 0 Å². The van der Waals surface area contributed by atoms with Gasteiger partial charge < -0.3 is 4.74 Å². The summed E-state index contributed by atoms with van der Waals surface area (Å²) in [6, 6.07) is 6.72. The van der Waals surface area contributed by atoms with Crippen molar-refractivity contribution >= 4 is 17.3 Å². The first kappa shape index (κ1) is 22.0. The van der Waals surface area contributed by atoms with E-state index in [0.717, 1.165) is 11.6 Å². The summed E-state index contributed by atoms with van der Waals surface area (Å²) in [6.45, 7) is 1.88. The Balaban J connectivity index is 1.72. The number of rotatable bonds is 5. The summed E-state index contributed by atoms with van der Waals surface area (Å²) in [5, 5.41) is 11.3. The maximum Gasteiger partial charge on any atom is 0.416 e. The molecule has 6 nitrogen and oxygen atoms in total. The van der Waals surface area contributed by atoms with Crippen molar-refractivity contribution < 1.29 is 32.4 Å². The summed E-state index contributed by atoms with van der Waals surface area (Å²) in [4.78, 5) is 36.3. The highest BCUT2D eigenvalue weighted by atomic mass is 19.4. The maximum atomic E-state index is 12.9. The van der Waals surface area contributed by atoms with Gasteiger partial charge in [0.2, 0.25) is 5.75 Å². The van der Waals surface area contributed by atoms with Crippen LogP contribution in [0.3, 0.4) is 0 Å². The quantitative estimate of drug-likeness (QED) is 0.337. The fraction of sp³-hybridized carbons (Fsp3) is 0.391. The van der Waals surface area contributed by atoms with Gasteiger partial charge in [-0.1, -0.05) is 13.0 Å². The molecule has 9 heteroatoms. The average molecular weight is 447 g/mol. The number of alkyl halides is 3. The van der Waals surface area contributed by atoms with Gasteiger partial charge in [0, 0.05) is 17.9 Å². The summed E-state index contributed by atoms with van der Waals surface area (Å²) >= 11 is 0. The molecule has 168 valence electrons. The summed E-state index contributed by atoms with van der Waals surface area (Å²) in [7, 11) is 0. The van der Waals surface area contributed by atoms with Crippen LogP contribution in [0.4, 0.5) is 18.9 Å². The number of benzene rings is 2. The zero-order chi connectivity index (χ0) is 23.2. The fourth-order valence-electron chi connectivity index (χ4n) is 4.69. The number of carbonyl (C=O) groups excluding carboxylic acids is 2. The Morgan fingerprint density at radius 1 is 1.06 bits per heavy atom. The summed E-state index contributed by atoms with van der Waals surface area (Å²) in [5.41, 5.74) is -0.699. The van der Waals surface area contributed by atoms with Gasteiger partial charge in [-0.3, -0.25) is 19.7 Å². The molecule has 0 amide bonds. The number of nitrogens with zero attached hydrogens (tertiary/aromatic N) is 1. The summed E-state index contributed by atoms with van der Waals surface area (Å²) < 4.78 is 44.4. The fourth-order valence-corrected chi connectivity index (χ4v) is 4.69. The molecule has 2 fully saturated rings. The van der Waals surface area contributed by atoms with Crippen LogP contribution in [-0.4, -0.2) is 16.5 Å². The molecule has 0 spiro atoms. The second-order valence-corrected chi connectivity index (χ2v) is 8.20. The first-order valence-electron chi connectivity index (χ1n) is 10.3. The number of halogens is 3. The number of nitro benzene ring substituents is 1. The summed E-state index contributed by atoms with van der Waals surface area (Å²) in [6.07, 6.45) is -2.20. The van der Waals surface area contributed by atoms with Crippen molar-refractivity contribution in [1.82, 2.24) is 0 Å². The molecule has 2 aliphatic rings. The van der Waals surface area contributed by atoms with E-state index >= 15 is 0 Å².